The van der Waals surface area contributed by atoms with Crippen molar-refractivity contribution in [2.45, 2.75) is 18.1 Å². The first kappa shape index (κ1) is 16.1. The van der Waals surface area contributed by atoms with Gasteiger partial charge in [0.1, 0.15) is 0 Å². The van der Waals surface area contributed by atoms with E-state index in [-0.39, 0.29) is 0 Å². The smallest absolute Gasteiger partial charge is 0.155 e. The molecule has 25 heavy (non-hydrogen) atoms. The van der Waals surface area contributed by atoms with Crippen molar-refractivity contribution in [2.24, 2.45) is 0 Å². The van der Waals surface area contributed by atoms with Crippen molar-refractivity contribution in [3.8, 4) is 0 Å². The molecule has 2 heteroatoms. The van der Waals surface area contributed by atoms with E-state index in [9.17, 15) is 0 Å². The third-order valence-electron chi connectivity index (χ3n) is 4.96. The second-order valence-corrected chi connectivity index (χ2v) is 6.35. The minimum Gasteiger partial charge on any atom is -0.378 e. The maximum atomic E-state index is 6.63. The van der Waals surface area contributed by atoms with Gasteiger partial charge >= 0.3 is 0 Å². The van der Waals surface area contributed by atoms with Gasteiger partial charge in [0.2, 0.25) is 0 Å². The molecule has 0 saturated carbocycles. The van der Waals surface area contributed by atoms with Gasteiger partial charge in [-0.2, -0.15) is 0 Å². The van der Waals surface area contributed by atoms with Crippen LogP contribution in [0.15, 0.2) is 91.0 Å². The van der Waals surface area contributed by atoms with Gasteiger partial charge in [-0.3, -0.25) is 0 Å². The molecule has 0 spiro atoms. The van der Waals surface area contributed by atoms with E-state index in [4.69, 9.17) is 9.47 Å². The lowest BCUT2D eigenvalue weighted by Crippen LogP contribution is -2.28. The first-order valence-corrected chi connectivity index (χ1v) is 8.78. The minimum atomic E-state index is -0.522. The summed E-state index contributed by atoms with van der Waals surface area (Å²) in [6.07, 6.45) is 0. The van der Waals surface area contributed by atoms with Crippen LogP contribution < -0.4 is 0 Å². The monoisotopic (exact) mass is 330 g/mol. The van der Waals surface area contributed by atoms with E-state index in [1.165, 1.54) is 0 Å². The molecule has 3 aromatic rings. The molecule has 126 valence electrons. The molecule has 1 aliphatic rings. The average molecular weight is 330 g/mol. The summed E-state index contributed by atoms with van der Waals surface area (Å²) in [5, 5.41) is 0. The lowest BCUT2D eigenvalue weighted by molar-refractivity contribution is 0.0865. The molecule has 1 fully saturated rings. The van der Waals surface area contributed by atoms with E-state index in [1.54, 1.807) is 0 Å². The SMILES string of the molecule is CCOCC1(c2ccccc2)OC1(c1ccccc1)c1ccccc1. The summed E-state index contributed by atoms with van der Waals surface area (Å²) in [6.45, 7) is 3.21. The lowest BCUT2D eigenvalue weighted by atomic mass is 9.77. The van der Waals surface area contributed by atoms with E-state index in [0.29, 0.717) is 13.2 Å². The Morgan fingerprint density at radius 3 is 1.56 bits per heavy atom. The second kappa shape index (κ2) is 6.47. The highest BCUT2D eigenvalue weighted by molar-refractivity contribution is 5.51. The highest BCUT2D eigenvalue weighted by atomic mass is 16.7. The molecule has 1 heterocycles. The van der Waals surface area contributed by atoms with Crippen molar-refractivity contribution in [2.75, 3.05) is 13.2 Å². The van der Waals surface area contributed by atoms with Crippen molar-refractivity contribution in [3.63, 3.8) is 0 Å². The van der Waals surface area contributed by atoms with Crippen LogP contribution in [0.1, 0.15) is 23.6 Å². The van der Waals surface area contributed by atoms with Crippen molar-refractivity contribution >= 4 is 0 Å². The first-order valence-electron chi connectivity index (χ1n) is 8.78. The second-order valence-electron chi connectivity index (χ2n) is 6.35. The van der Waals surface area contributed by atoms with Crippen molar-refractivity contribution in [1.29, 1.82) is 0 Å². The van der Waals surface area contributed by atoms with Gasteiger partial charge < -0.3 is 9.47 Å². The van der Waals surface area contributed by atoms with Crippen LogP contribution >= 0.6 is 0 Å². The van der Waals surface area contributed by atoms with Gasteiger partial charge in [0.25, 0.3) is 0 Å². The van der Waals surface area contributed by atoms with Crippen LogP contribution in [0.5, 0.6) is 0 Å². The summed E-state index contributed by atoms with van der Waals surface area (Å²) < 4.78 is 12.5. The van der Waals surface area contributed by atoms with Crippen molar-refractivity contribution < 1.29 is 9.47 Å². The lowest BCUT2D eigenvalue weighted by Gasteiger charge is -2.22. The molecular formula is C23H22O2. The van der Waals surface area contributed by atoms with Gasteiger partial charge in [-0.1, -0.05) is 91.0 Å². The quantitative estimate of drug-likeness (QED) is 0.600. The van der Waals surface area contributed by atoms with Crippen LogP contribution in [0, 0.1) is 0 Å². The van der Waals surface area contributed by atoms with Crippen LogP contribution in [0.4, 0.5) is 0 Å². The molecule has 0 aliphatic carbocycles. The van der Waals surface area contributed by atoms with E-state index < -0.39 is 11.2 Å². The topological polar surface area (TPSA) is 21.8 Å². The molecule has 2 nitrogen and oxygen atoms in total. The van der Waals surface area contributed by atoms with Gasteiger partial charge in [-0.15, -0.1) is 0 Å². The Kier molecular flexibility index (Phi) is 4.16. The Balaban J connectivity index is 1.90. The summed E-state index contributed by atoms with van der Waals surface area (Å²) in [4.78, 5) is 0. The molecule has 0 aromatic heterocycles. The summed E-state index contributed by atoms with van der Waals surface area (Å²) in [6, 6.07) is 31.3. The fourth-order valence-corrected chi connectivity index (χ4v) is 3.76. The zero-order valence-electron chi connectivity index (χ0n) is 14.4. The third-order valence-corrected chi connectivity index (χ3v) is 4.96. The Bertz CT molecular complexity index is 775. The summed E-state index contributed by atoms with van der Waals surface area (Å²) in [5.74, 6) is 0. The number of benzene rings is 3. The molecule has 1 unspecified atom stereocenters. The Labute approximate surface area is 149 Å². The predicted octanol–water partition coefficient (Wildman–Crippen LogP) is 4.89. The van der Waals surface area contributed by atoms with E-state index in [1.807, 2.05) is 25.1 Å². The highest BCUT2D eigenvalue weighted by Gasteiger charge is 2.72. The third kappa shape index (κ3) is 2.50. The van der Waals surface area contributed by atoms with Crippen molar-refractivity contribution in [1.82, 2.24) is 0 Å². The van der Waals surface area contributed by atoms with Crippen LogP contribution in [0.3, 0.4) is 0 Å². The minimum absolute atomic E-state index is 0.507. The fourth-order valence-electron chi connectivity index (χ4n) is 3.76. The highest BCUT2D eigenvalue weighted by Crippen LogP contribution is 2.65. The molecule has 0 N–H and O–H groups in total. The van der Waals surface area contributed by atoms with Crippen molar-refractivity contribution in [3.05, 3.63) is 108 Å². The summed E-state index contributed by atoms with van der Waals surface area (Å²) in [5.41, 5.74) is 2.43. The molecule has 0 bridgehead atoms. The van der Waals surface area contributed by atoms with Gasteiger partial charge in [0, 0.05) is 6.61 Å². The number of epoxide rings is 1. The average Bonchev–Trinajstić information content (AvgIpc) is 3.40. The van der Waals surface area contributed by atoms with E-state index >= 15 is 0 Å². The standard InChI is InChI=1S/C23H22O2/c1-2-24-18-22(19-12-6-3-7-13-19)23(25-22,20-14-8-4-9-15-20)21-16-10-5-11-17-21/h3-17H,2,18H2,1H3. The predicted molar refractivity (Wildman–Crippen MR) is 99.4 cm³/mol. The number of hydrogen-bond acceptors (Lipinski definition) is 2. The number of ether oxygens (including phenoxy) is 2. The number of rotatable bonds is 6. The maximum Gasteiger partial charge on any atom is 0.155 e. The molecular weight excluding hydrogens is 308 g/mol. The molecule has 3 aromatic carbocycles. The maximum absolute atomic E-state index is 6.63. The van der Waals surface area contributed by atoms with Gasteiger partial charge in [-0.25, -0.2) is 0 Å². The molecule has 1 aliphatic heterocycles. The van der Waals surface area contributed by atoms with Crippen LogP contribution in [0.2, 0.25) is 0 Å². The largest absolute Gasteiger partial charge is 0.378 e. The zero-order chi connectivity index (χ0) is 17.2. The van der Waals surface area contributed by atoms with Crippen LogP contribution in [0.25, 0.3) is 0 Å². The molecule has 1 atom stereocenters. The van der Waals surface area contributed by atoms with Crippen LogP contribution in [-0.4, -0.2) is 13.2 Å². The Morgan fingerprint density at radius 1 is 0.680 bits per heavy atom. The first-order chi connectivity index (χ1) is 12.3. The number of hydrogen-bond donors (Lipinski definition) is 0. The normalized spacial score (nSPS) is 21.0. The molecule has 4 rings (SSSR count). The van der Waals surface area contributed by atoms with E-state index in [2.05, 4.69) is 72.8 Å². The summed E-state index contributed by atoms with van der Waals surface area (Å²) >= 11 is 0. The molecule has 0 radical (unpaired) electrons. The molecule has 1 saturated heterocycles. The van der Waals surface area contributed by atoms with E-state index in [0.717, 1.165) is 16.7 Å². The van der Waals surface area contributed by atoms with Gasteiger partial charge in [-0.05, 0) is 23.6 Å². The Hall–Kier alpha value is -2.42. The Morgan fingerprint density at radius 2 is 1.12 bits per heavy atom. The zero-order valence-corrected chi connectivity index (χ0v) is 14.4. The van der Waals surface area contributed by atoms with Gasteiger partial charge in [0.15, 0.2) is 11.2 Å². The fraction of sp³-hybridized carbons (Fsp3) is 0.217. The molecule has 0 amide bonds. The van der Waals surface area contributed by atoms with Gasteiger partial charge in [0.05, 0.1) is 6.61 Å². The summed E-state index contributed by atoms with van der Waals surface area (Å²) in [7, 11) is 0. The van der Waals surface area contributed by atoms with Crippen LogP contribution in [-0.2, 0) is 20.7 Å².